The summed E-state index contributed by atoms with van der Waals surface area (Å²) in [7, 11) is 0. The predicted octanol–water partition coefficient (Wildman–Crippen LogP) is 2.77. The normalized spacial score (nSPS) is 29.7. The van der Waals surface area contributed by atoms with E-state index in [1.54, 1.807) is 0 Å². The van der Waals surface area contributed by atoms with Crippen LogP contribution in [0.2, 0.25) is 0 Å². The molecule has 4 nitrogen and oxygen atoms in total. The molecule has 118 valence electrons. The van der Waals surface area contributed by atoms with Crippen molar-refractivity contribution in [1.82, 2.24) is 15.1 Å². The van der Waals surface area contributed by atoms with Crippen LogP contribution >= 0.6 is 0 Å². The number of amides is 2. The fraction of sp³-hybridized carbons (Fsp3) is 0.611. The van der Waals surface area contributed by atoms with Crippen molar-refractivity contribution in [1.29, 1.82) is 0 Å². The summed E-state index contributed by atoms with van der Waals surface area (Å²) in [6.45, 7) is 2.67. The molecule has 0 spiro atoms. The highest BCUT2D eigenvalue weighted by Gasteiger charge is 2.49. The Morgan fingerprint density at radius 3 is 2.59 bits per heavy atom. The molecule has 1 aromatic rings. The maximum atomic E-state index is 13.0. The third-order valence-electron chi connectivity index (χ3n) is 5.52. The van der Waals surface area contributed by atoms with Crippen LogP contribution in [-0.4, -0.2) is 47.5 Å². The SMILES string of the molecule is O=C1N2CCNC[C@H]2[C@@H](c2ccccc2)N1C1CCCCC1. The van der Waals surface area contributed by atoms with Crippen molar-refractivity contribution in [3.63, 3.8) is 0 Å². The van der Waals surface area contributed by atoms with Crippen molar-refractivity contribution < 1.29 is 4.79 Å². The van der Waals surface area contributed by atoms with Crippen LogP contribution in [0.3, 0.4) is 0 Å². The summed E-state index contributed by atoms with van der Waals surface area (Å²) in [4.78, 5) is 17.4. The Morgan fingerprint density at radius 1 is 1.05 bits per heavy atom. The lowest BCUT2D eigenvalue weighted by Gasteiger charge is -2.36. The van der Waals surface area contributed by atoms with Gasteiger partial charge in [0, 0.05) is 25.7 Å². The van der Waals surface area contributed by atoms with E-state index in [4.69, 9.17) is 0 Å². The van der Waals surface area contributed by atoms with E-state index >= 15 is 0 Å². The first-order chi connectivity index (χ1) is 10.9. The van der Waals surface area contributed by atoms with Crippen LogP contribution in [-0.2, 0) is 0 Å². The number of piperazine rings is 1. The monoisotopic (exact) mass is 299 g/mol. The number of nitrogens with zero attached hydrogens (tertiary/aromatic N) is 2. The van der Waals surface area contributed by atoms with Crippen LogP contribution in [0.5, 0.6) is 0 Å². The standard InChI is InChI=1S/C18H25N3O/c22-18-20-12-11-19-13-16(20)17(14-7-3-1-4-8-14)21(18)15-9-5-2-6-10-15/h1,3-4,7-8,15-17,19H,2,5-6,9-13H2/t16-,17+/m0/s1. The first kappa shape index (κ1) is 14.1. The summed E-state index contributed by atoms with van der Waals surface area (Å²) < 4.78 is 0. The number of rotatable bonds is 2. The first-order valence-electron chi connectivity index (χ1n) is 8.71. The summed E-state index contributed by atoms with van der Waals surface area (Å²) in [6.07, 6.45) is 6.19. The molecule has 0 unspecified atom stereocenters. The minimum Gasteiger partial charge on any atom is -0.317 e. The molecule has 4 heteroatoms. The molecule has 2 heterocycles. The van der Waals surface area contributed by atoms with Crippen molar-refractivity contribution in [2.24, 2.45) is 0 Å². The molecule has 1 aliphatic carbocycles. The number of benzene rings is 1. The van der Waals surface area contributed by atoms with Crippen LogP contribution in [0, 0.1) is 0 Å². The van der Waals surface area contributed by atoms with Gasteiger partial charge in [0.15, 0.2) is 0 Å². The molecule has 1 saturated carbocycles. The molecule has 3 fully saturated rings. The number of carbonyl (C=O) groups excluding carboxylic acids is 1. The highest BCUT2D eigenvalue weighted by Crippen LogP contribution is 2.40. The van der Waals surface area contributed by atoms with E-state index < -0.39 is 0 Å². The number of urea groups is 1. The average Bonchev–Trinajstić information content (AvgIpc) is 2.90. The Labute approximate surface area is 132 Å². The van der Waals surface area contributed by atoms with Crippen LogP contribution in [0.15, 0.2) is 30.3 Å². The van der Waals surface area contributed by atoms with Crippen LogP contribution in [0.1, 0.15) is 43.7 Å². The minimum absolute atomic E-state index is 0.213. The lowest BCUT2D eigenvalue weighted by Crippen LogP contribution is -2.50. The Bertz CT molecular complexity index is 526. The fourth-order valence-electron chi connectivity index (χ4n) is 4.47. The second kappa shape index (κ2) is 5.92. The van der Waals surface area contributed by atoms with E-state index in [1.165, 1.54) is 37.7 Å². The largest absolute Gasteiger partial charge is 0.321 e. The van der Waals surface area contributed by atoms with Crippen molar-refractivity contribution in [3.05, 3.63) is 35.9 Å². The van der Waals surface area contributed by atoms with E-state index in [2.05, 4.69) is 45.4 Å². The lowest BCUT2D eigenvalue weighted by atomic mass is 9.91. The molecule has 2 aliphatic heterocycles. The smallest absolute Gasteiger partial charge is 0.317 e. The number of hydrogen-bond donors (Lipinski definition) is 1. The zero-order valence-electron chi connectivity index (χ0n) is 13.1. The molecule has 2 atom stereocenters. The Hall–Kier alpha value is -1.55. The maximum absolute atomic E-state index is 13.0. The van der Waals surface area contributed by atoms with Gasteiger partial charge in [-0.2, -0.15) is 0 Å². The summed E-state index contributed by atoms with van der Waals surface area (Å²) in [5.41, 5.74) is 1.29. The molecule has 22 heavy (non-hydrogen) atoms. The van der Waals surface area contributed by atoms with Gasteiger partial charge >= 0.3 is 6.03 Å². The molecule has 2 amide bonds. The molecular weight excluding hydrogens is 274 g/mol. The van der Waals surface area contributed by atoms with E-state index in [1.807, 2.05) is 0 Å². The quantitative estimate of drug-likeness (QED) is 0.911. The van der Waals surface area contributed by atoms with Crippen LogP contribution in [0.25, 0.3) is 0 Å². The van der Waals surface area contributed by atoms with Gasteiger partial charge in [0.25, 0.3) is 0 Å². The minimum atomic E-state index is 0.213. The zero-order chi connectivity index (χ0) is 14.9. The van der Waals surface area contributed by atoms with Gasteiger partial charge in [-0.15, -0.1) is 0 Å². The fourth-order valence-corrected chi connectivity index (χ4v) is 4.47. The summed E-state index contributed by atoms with van der Waals surface area (Å²) in [6, 6.07) is 11.8. The summed E-state index contributed by atoms with van der Waals surface area (Å²) in [5.74, 6) is 0. The number of fused-ring (bicyclic) bond motifs is 1. The van der Waals surface area contributed by atoms with Crippen molar-refractivity contribution in [3.8, 4) is 0 Å². The van der Waals surface area contributed by atoms with Gasteiger partial charge < -0.3 is 15.1 Å². The third kappa shape index (κ3) is 2.30. The molecule has 1 N–H and O–H groups in total. The molecule has 3 aliphatic rings. The maximum Gasteiger partial charge on any atom is 0.321 e. The highest BCUT2D eigenvalue weighted by atomic mass is 16.2. The Kier molecular flexibility index (Phi) is 3.78. The second-order valence-electron chi connectivity index (χ2n) is 6.80. The van der Waals surface area contributed by atoms with E-state index in [0.717, 1.165) is 19.6 Å². The Morgan fingerprint density at radius 2 is 1.82 bits per heavy atom. The number of carbonyl (C=O) groups is 1. The van der Waals surface area contributed by atoms with Gasteiger partial charge in [-0.3, -0.25) is 0 Å². The van der Waals surface area contributed by atoms with Gasteiger partial charge in [0.1, 0.15) is 0 Å². The predicted molar refractivity (Wildman–Crippen MR) is 86.7 cm³/mol. The van der Waals surface area contributed by atoms with Gasteiger partial charge in [-0.1, -0.05) is 49.6 Å². The van der Waals surface area contributed by atoms with Crippen molar-refractivity contribution in [2.45, 2.75) is 50.2 Å². The number of hydrogen-bond acceptors (Lipinski definition) is 2. The van der Waals surface area contributed by atoms with E-state index in [0.29, 0.717) is 6.04 Å². The average molecular weight is 299 g/mol. The van der Waals surface area contributed by atoms with Crippen LogP contribution < -0.4 is 5.32 Å². The van der Waals surface area contributed by atoms with Gasteiger partial charge in [0.2, 0.25) is 0 Å². The highest BCUT2D eigenvalue weighted by molar-refractivity contribution is 5.79. The lowest BCUT2D eigenvalue weighted by molar-refractivity contribution is 0.146. The van der Waals surface area contributed by atoms with E-state index in [-0.39, 0.29) is 18.1 Å². The number of nitrogens with one attached hydrogen (secondary N) is 1. The molecule has 0 bridgehead atoms. The second-order valence-corrected chi connectivity index (χ2v) is 6.80. The van der Waals surface area contributed by atoms with Crippen LogP contribution in [0.4, 0.5) is 4.79 Å². The molecule has 2 saturated heterocycles. The molecule has 0 radical (unpaired) electrons. The zero-order valence-corrected chi connectivity index (χ0v) is 13.1. The molecular formula is C18H25N3O. The molecule has 1 aromatic carbocycles. The Balaban J connectivity index is 1.70. The molecule has 0 aromatic heterocycles. The summed E-state index contributed by atoms with van der Waals surface area (Å²) in [5, 5.41) is 3.48. The summed E-state index contributed by atoms with van der Waals surface area (Å²) >= 11 is 0. The molecule has 4 rings (SSSR count). The van der Waals surface area contributed by atoms with Crippen molar-refractivity contribution >= 4 is 6.03 Å². The van der Waals surface area contributed by atoms with Crippen molar-refractivity contribution in [2.75, 3.05) is 19.6 Å². The van der Waals surface area contributed by atoms with E-state index in [9.17, 15) is 4.79 Å². The first-order valence-corrected chi connectivity index (χ1v) is 8.71. The van der Waals surface area contributed by atoms with Gasteiger partial charge in [-0.25, -0.2) is 4.79 Å². The van der Waals surface area contributed by atoms with Gasteiger partial charge in [-0.05, 0) is 18.4 Å². The topological polar surface area (TPSA) is 35.6 Å². The third-order valence-corrected chi connectivity index (χ3v) is 5.52. The van der Waals surface area contributed by atoms with Gasteiger partial charge in [0.05, 0.1) is 12.1 Å².